The quantitative estimate of drug-likeness (QED) is 0.779. The molecule has 0 aromatic heterocycles. The summed E-state index contributed by atoms with van der Waals surface area (Å²) >= 11 is 0. The molecule has 1 rings (SSSR count). The van der Waals surface area contributed by atoms with Crippen molar-refractivity contribution in [1.29, 1.82) is 0 Å². The van der Waals surface area contributed by atoms with Crippen LogP contribution >= 0.6 is 0 Å². The van der Waals surface area contributed by atoms with Gasteiger partial charge in [0.25, 0.3) is 0 Å². The molecule has 0 unspecified atom stereocenters. The molecule has 0 saturated carbocycles. The Bertz CT molecular complexity index is 526. The molecule has 108 valence electrons. The highest BCUT2D eigenvalue weighted by Crippen LogP contribution is 2.39. The highest BCUT2D eigenvalue weighted by Gasteiger charge is 2.28. The molecule has 0 aliphatic carbocycles. The van der Waals surface area contributed by atoms with Gasteiger partial charge in [0.15, 0.2) is 0 Å². The Morgan fingerprint density at radius 2 is 1.26 bits per heavy atom. The highest BCUT2D eigenvalue weighted by molar-refractivity contribution is 7.86. The van der Waals surface area contributed by atoms with Crippen LogP contribution in [0.2, 0.25) is 0 Å². The zero-order valence-electron chi connectivity index (χ0n) is 12.9. The Morgan fingerprint density at radius 1 is 0.895 bits per heavy atom. The highest BCUT2D eigenvalue weighted by atomic mass is 32.2. The van der Waals surface area contributed by atoms with Crippen LogP contribution in [0.5, 0.6) is 5.75 Å². The van der Waals surface area contributed by atoms with Crippen LogP contribution in [0.3, 0.4) is 0 Å². The Morgan fingerprint density at radius 3 is 1.53 bits per heavy atom. The number of rotatable bonds is 2. The second-order valence-corrected chi connectivity index (χ2v) is 8.54. The van der Waals surface area contributed by atoms with Crippen LogP contribution in [0.25, 0.3) is 0 Å². The largest absolute Gasteiger partial charge is 0.382 e. The summed E-state index contributed by atoms with van der Waals surface area (Å²) in [6.45, 7) is 12.3. The van der Waals surface area contributed by atoms with Gasteiger partial charge in [-0.3, -0.25) is 0 Å². The maximum Gasteiger partial charge on any atom is 0.306 e. The Hall–Kier alpha value is -1.03. The summed E-state index contributed by atoms with van der Waals surface area (Å²) in [6.07, 6.45) is 1.08. The van der Waals surface area contributed by atoms with Crippen LogP contribution in [0, 0.1) is 0 Å². The molecule has 0 atom stereocenters. The van der Waals surface area contributed by atoms with Crippen molar-refractivity contribution < 1.29 is 12.6 Å². The monoisotopic (exact) mass is 284 g/mol. The third kappa shape index (κ3) is 4.23. The lowest BCUT2D eigenvalue weighted by Gasteiger charge is -2.28. The zero-order valence-corrected chi connectivity index (χ0v) is 13.7. The van der Waals surface area contributed by atoms with Gasteiger partial charge in [-0.25, -0.2) is 0 Å². The molecule has 0 bridgehead atoms. The van der Waals surface area contributed by atoms with Gasteiger partial charge < -0.3 is 4.18 Å². The number of hydrogen-bond acceptors (Lipinski definition) is 3. The van der Waals surface area contributed by atoms with E-state index >= 15 is 0 Å². The van der Waals surface area contributed by atoms with E-state index in [4.69, 9.17) is 4.18 Å². The Balaban J connectivity index is 3.60. The van der Waals surface area contributed by atoms with Crippen molar-refractivity contribution in [1.82, 2.24) is 0 Å². The topological polar surface area (TPSA) is 43.4 Å². The molecule has 0 heterocycles. The van der Waals surface area contributed by atoms with Crippen molar-refractivity contribution in [2.45, 2.75) is 52.4 Å². The first-order valence-electron chi connectivity index (χ1n) is 6.36. The van der Waals surface area contributed by atoms with Crippen molar-refractivity contribution in [2.24, 2.45) is 0 Å². The molecule has 0 spiro atoms. The third-order valence-corrected chi connectivity index (χ3v) is 3.34. The minimum absolute atomic E-state index is 0.179. The number of benzene rings is 1. The van der Waals surface area contributed by atoms with Crippen LogP contribution in [0.15, 0.2) is 18.2 Å². The molecule has 3 nitrogen and oxygen atoms in total. The molecule has 0 radical (unpaired) electrons. The first kappa shape index (κ1) is 16.0. The molecular formula is C15H24O3S. The molecule has 0 aliphatic rings. The van der Waals surface area contributed by atoms with Crippen LogP contribution in [-0.4, -0.2) is 14.7 Å². The van der Waals surface area contributed by atoms with Crippen molar-refractivity contribution in [2.75, 3.05) is 6.26 Å². The normalized spacial score (nSPS) is 13.4. The van der Waals surface area contributed by atoms with Gasteiger partial charge >= 0.3 is 10.1 Å². The lowest BCUT2D eigenvalue weighted by Crippen LogP contribution is -2.21. The molecule has 4 heteroatoms. The van der Waals surface area contributed by atoms with E-state index in [9.17, 15) is 8.42 Å². The van der Waals surface area contributed by atoms with Crippen LogP contribution in [0.1, 0.15) is 52.7 Å². The van der Waals surface area contributed by atoms with E-state index in [-0.39, 0.29) is 10.8 Å². The van der Waals surface area contributed by atoms with Gasteiger partial charge in [0.05, 0.1) is 6.26 Å². The van der Waals surface area contributed by atoms with Gasteiger partial charge in [-0.15, -0.1) is 0 Å². The Kier molecular flexibility index (Phi) is 4.06. The summed E-state index contributed by atoms with van der Waals surface area (Å²) in [5, 5.41) is 0. The molecule has 0 saturated heterocycles. The maximum atomic E-state index is 11.5. The van der Waals surface area contributed by atoms with Crippen molar-refractivity contribution in [3.05, 3.63) is 29.3 Å². The zero-order chi connectivity index (χ0) is 15.1. The standard InChI is InChI=1S/C15H24O3S/c1-14(2,3)11-9-8-10-12(15(4,5)6)13(11)18-19(7,16)17/h8-10H,1-7H3. The van der Waals surface area contributed by atoms with Gasteiger partial charge in [0.1, 0.15) is 5.75 Å². The van der Waals surface area contributed by atoms with Gasteiger partial charge in [-0.05, 0) is 10.8 Å². The molecule has 1 aromatic carbocycles. The summed E-state index contributed by atoms with van der Waals surface area (Å²) in [7, 11) is -3.54. The molecule has 1 aromatic rings. The van der Waals surface area contributed by atoms with Crippen molar-refractivity contribution in [3.63, 3.8) is 0 Å². The van der Waals surface area contributed by atoms with Crippen LogP contribution < -0.4 is 4.18 Å². The smallest absolute Gasteiger partial charge is 0.306 e. The lowest BCUT2D eigenvalue weighted by molar-refractivity contribution is 0.459. The average molecular weight is 284 g/mol. The van der Waals surface area contributed by atoms with Gasteiger partial charge in [0, 0.05) is 11.1 Å². The van der Waals surface area contributed by atoms with Crippen LogP contribution in [0.4, 0.5) is 0 Å². The maximum absolute atomic E-state index is 11.5. The molecule has 19 heavy (non-hydrogen) atoms. The summed E-state index contributed by atoms with van der Waals surface area (Å²) in [5.41, 5.74) is 1.46. The second-order valence-electron chi connectivity index (χ2n) is 6.97. The SMILES string of the molecule is CC(C)(C)c1cccc(C(C)(C)C)c1OS(C)(=O)=O. The molecule has 0 amide bonds. The second kappa shape index (κ2) is 4.82. The first-order chi connectivity index (χ1) is 8.32. The summed E-state index contributed by atoms with van der Waals surface area (Å²) in [6, 6.07) is 5.81. The molecule has 0 fully saturated rings. The van der Waals surface area contributed by atoms with E-state index in [1.54, 1.807) is 0 Å². The van der Waals surface area contributed by atoms with E-state index in [1.807, 2.05) is 59.7 Å². The first-order valence-corrected chi connectivity index (χ1v) is 8.17. The van der Waals surface area contributed by atoms with E-state index in [2.05, 4.69) is 0 Å². The molecule has 0 aliphatic heterocycles. The minimum atomic E-state index is -3.54. The summed E-state index contributed by atoms with van der Waals surface area (Å²) in [5.74, 6) is 0.477. The third-order valence-electron chi connectivity index (χ3n) is 2.87. The summed E-state index contributed by atoms with van der Waals surface area (Å²) in [4.78, 5) is 0. The van der Waals surface area contributed by atoms with E-state index in [1.165, 1.54) is 0 Å². The fourth-order valence-electron chi connectivity index (χ4n) is 1.96. The average Bonchev–Trinajstić information content (AvgIpc) is 2.11. The van der Waals surface area contributed by atoms with Gasteiger partial charge in [-0.2, -0.15) is 8.42 Å². The van der Waals surface area contributed by atoms with Crippen molar-refractivity contribution in [3.8, 4) is 5.75 Å². The lowest BCUT2D eigenvalue weighted by atomic mass is 9.80. The number of hydrogen-bond donors (Lipinski definition) is 0. The van der Waals surface area contributed by atoms with Crippen LogP contribution in [-0.2, 0) is 20.9 Å². The minimum Gasteiger partial charge on any atom is -0.382 e. The number of para-hydroxylation sites is 1. The molecule has 0 N–H and O–H groups in total. The molecular weight excluding hydrogens is 260 g/mol. The van der Waals surface area contributed by atoms with E-state index < -0.39 is 10.1 Å². The summed E-state index contributed by atoms with van der Waals surface area (Å²) < 4.78 is 28.4. The van der Waals surface area contributed by atoms with Gasteiger partial charge in [-0.1, -0.05) is 59.7 Å². The van der Waals surface area contributed by atoms with Crippen molar-refractivity contribution >= 4 is 10.1 Å². The van der Waals surface area contributed by atoms with E-state index in [0.29, 0.717) is 5.75 Å². The predicted molar refractivity (Wildman–Crippen MR) is 79.3 cm³/mol. The van der Waals surface area contributed by atoms with Gasteiger partial charge in [0.2, 0.25) is 0 Å². The fraction of sp³-hybridized carbons (Fsp3) is 0.600. The predicted octanol–water partition coefficient (Wildman–Crippen LogP) is 3.62. The Labute approximate surface area is 117 Å². The van der Waals surface area contributed by atoms with E-state index in [0.717, 1.165) is 17.4 Å². The fourth-order valence-corrected chi connectivity index (χ4v) is 2.44.